The number of carbonyl (C=O) groups excluding carboxylic acids is 6. The lowest BCUT2D eigenvalue weighted by Crippen LogP contribution is -2.59. The van der Waals surface area contributed by atoms with Crippen LogP contribution in [0.4, 0.5) is 0 Å². The summed E-state index contributed by atoms with van der Waals surface area (Å²) < 4.78 is 0. The average molecular weight is 805 g/mol. The maximum atomic E-state index is 14.2. The van der Waals surface area contributed by atoms with Crippen molar-refractivity contribution in [2.45, 2.75) is 76.0 Å². The summed E-state index contributed by atoms with van der Waals surface area (Å²) in [5.74, 6) is -4.08. The van der Waals surface area contributed by atoms with Gasteiger partial charge in [-0.05, 0) is 48.6 Å². The van der Waals surface area contributed by atoms with Gasteiger partial charge in [0.2, 0.25) is 35.4 Å². The summed E-state index contributed by atoms with van der Waals surface area (Å²) >= 11 is 6.11. The molecule has 0 saturated heterocycles. The van der Waals surface area contributed by atoms with Crippen LogP contribution in [0.25, 0.3) is 10.9 Å². The minimum Gasteiger partial charge on any atom is -0.370 e. The molecule has 6 amide bonds. The number of nitrogens with zero attached hydrogens (tertiary/aromatic N) is 2. The standard InChI is InChI=1S/C38H49ClN12O6/c1-2-6-33(53)48-31(17-25-19-43-21-47-25)37(57)50-29(15-22-10-12-24(39)13-11-22)36(56)49-28(9-5-14-44-38(41)42)35(55)51-30(34(54)46-20-32(40)52)16-23-18-45-27-8-4-3-7-26(23)27/h3-4,7-8,10-13,18-19,21,28-31,45H,2,5-6,9,14-17,20H2,1H3,(H2,40,52)(H,43,47)(H,46,54)(H,48,53)(H,49,56)(H,50,57)(H,51,55)(H4,41,42,44)/t28-,29+,30-,31-/m0/s1. The van der Waals surface area contributed by atoms with Crippen LogP contribution in [0.3, 0.4) is 0 Å². The monoisotopic (exact) mass is 804 g/mol. The molecule has 0 aliphatic carbocycles. The number of amides is 6. The smallest absolute Gasteiger partial charge is 0.243 e. The van der Waals surface area contributed by atoms with E-state index in [4.69, 9.17) is 28.8 Å². The van der Waals surface area contributed by atoms with Gasteiger partial charge in [-0.3, -0.25) is 33.8 Å². The SMILES string of the molecule is CCCC(=O)N[C@@H](Cc1cnc[nH]1)C(=O)N[C@H](Cc1ccc(Cl)cc1)C(=O)N[C@@H](CCCN=C(N)N)C(=O)N[C@@H](Cc1c[nH]c2ccccc12)C(=O)NCC(N)=O. The van der Waals surface area contributed by atoms with E-state index in [1.54, 1.807) is 30.5 Å². The van der Waals surface area contributed by atoms with Gasteiger partial charge >= 0.3 is 0 Å². The number of para-hydroxylation sites is 1. The molecule has 2 heterocycles. The second-order valence-corrected chi connectivity index (χ2v) is 13.8. The molecule has 0 bridgehead atoms. The molecule has 19 heteroatoms. The quantitative estimate of drug-likeness (QED) is 0.0289. The van der Waals surface area contributed by atoms with Crippen molar-refractivity contribution in [3.05, 3.63) is 89.1 Å². The van der Waals surface area contributed by atoms with Crippen LogP contribution >= 0.6 is 11.6 Å². The number of H-pyrrole nitrogens is 2. The van der Waals surface area contributed by atoms with Gasteiger partial charge in [0.05, 0.1) is 12.9 Å². The zero-order valence-electron chi connectivity index (χ0n) is 31.5. The highest BCUT2D eigenvalue weighted by atomic mass is 35.5. The minimum absolute atomic E-state index is 0.0184. The summed E-state index contributed by atoms with van der Waals surface area (Å²) in [4.78, 5) is 93.8. The van der Waals surface area contributed by atoms with Gasteiger partial charge < -0.3 is 53.8 Å². The molecule has 57 heavy (non-hydrogen) atoms. The number of nitrogens with one attached hydrogen (secondary N) is 7. The van der Waals surface area contributed by atoms with Crippen molar-refractivity contribution in [3.8, 4) is 0 Å². The number of halogens is 1. The average Bonchev–Trinajstić information content (AvgIpc) is 3.85. The number of rotatable bonds is 22. The Bertz CT molecular complexity index is 2010. The summed E-state index contributed by atoms with van der Waals surface area (Å²) in [5.41, 5.74) is 19.0. The first-order valence-corrected chi connectivity index (χ1v) is 18.8. The van der Waals surface area contributed by atoms with Crippen molar-refractivity contribution < 1.29 is 28.8 Å². The van der Waals surface area contributed by atoms with E-state index < -0.39 is 60.2 Å². The van der Waals surface area contributed by atoms with Crippen molar-refractivity contribution >= 4 is 63.9 Å². The molecule has 0 aliphatic heterocycles. The molecule has 2 aromatic heterocycles. The first-order chi connectivity index (χ1) is 27.3. The number of hydrogen-bond acceptors (Lipinski definition) is 8. The Hall–Kier alpha value is -6.43. The van der Waals surface area contributed by atoms with Crippen molar-refractivity contribution in [2.75, 3.05) is 13.1 Å². The van der Waals surface area contributed by atoms with Gasteiger partial charge in [0.15, 0.2) is 5.96 Å². The van der Waals surface area contributed by atoms with Gasteiger partial charge in [0.25, 0.3) is 0 Å². The zero-order chi connectivity index (χ0) is 41.3. The molecule has 13 N–H and O–H groups in total. The fraction of sp³-hybridized carbons (Fsp3) is 0.368. The van der Waals surface area contributed by atoms with E-state index >= 15 is 0 Å². The van der Waals surface area contributed by atoms with Gasteiger partial charge in [-0.25, -0.2) is 4.98 Å². The van der Waals surface area contributed by atoms with E-state index in [0.29, 0.717) is 28.3 Å². The number of imidazole rings is 1. The Morgan fingerprint density at radius 3 is 2.09 bits per heavy atom. The molecule has 0 saturated carbocycles. The third kappa shape index (κ3) is 14.0. The van der Waals surface area contributed by atoms with E-state index in [0.717, 1.165) is 10.9 Å². The summed E-state index contributed by atoms with van der Waals surface area (Å²) in [6, 6.07) is 9.28. The molecule has 18 nitrogen and oxygen atoms in total. The minimum atomic E-state index is -1.25. The van der Waals surface area contributed by atoms with Crippen molar-refractivity contribution in [1.29, 1.82) is 0 Å². The lowest BCUT2D eigenvalue weighted by atomic mass is 10.0. The number of benzene rings is 2. The summed E-state index contributed by atoms with van der Waals surface area (Å²) in [7, 11) is 0. The molecule has 2 aromatic carbocycles. The van der Waals surface area contributed by atoms with Gasteiger partial charge in [0, 0.05) is 66.2 Å². The summed E-state index contributed by atoms with van der Waals surface area (Å²) in [6.45, 7) is 1.49. The fourth-order valence-corrected chi connectivity index (χ4v) is 6.13. The number of aliphatic imine (C=N–C) groups is 1. The Morgan fingerprint density at radius 1 is 0.789 bits per heavy atom. The van der Waals surface area contributed by atoms with Crippen LogP contribution in [0.15, 0.2) is 72.2 Å². The second-order valence-electron chi connectivity index (χ2n) is 13.4. The zero-order valence-corrected chi connectivity index (χ0v) is 32.2. The van der Waals surface area contributed by atoms with Crippen LogP contribution in [-0.2, 0) is 48.0 Å². The normalized spacial score (nSPS) is 13.0. The molecule has 0 fully saturated rings. The van der Waals surface area contributed by atoms with Crippen LogP contribution < -0.4 is 43.8 Å². The molecule has 0 radical (unpaired) electrons. The van der Waals surface area contributed by atoms with Crippen LogP contribution in [0.2, 0.25) is 5.02 Å². The second kappa shape index (κ2) is 21.6. The van der Waals surface area contributed by atoms with Crippen LogP contribution in [0, 0.1) is 0 Å². The predicted octanol–water partition coefficient (Wildman–Crippen LogP) is -0.0333. The largest absolute Gasteiger partial charge is 0.370 e. The number of aromatic nitrogens is 3. The van der Waals surface area contributed by atoms with E-state index in [1.165, 1.54) is 12.5 Å². The highest BCUT2D eigenvalue weighted by Crippen LogP contribution is 2.19. The molecule has 0 spiro atoms. The lowest BCUT2D eigenvalue weighted by molar-refractivity contribution is -0.134. The number of nitrogens with two attached hydrogens (primary N) is 3. The Balaban J connectivity index is 1.62. The molecule has 0 unspecified atom stereocenters. The Labute approximate surface area is 333 Å². The number of fused-ring (bicyclic) bond motifs is 1. The summed E-state index contributed by atoms with van der Waals surface area (Å²) in [5, 5.41) is 14.7. The maximum Gasteiger partial charge on any atom is 0.243 e. The molecular formula is C38H49ClN12O6. The number of aromatic amines is 2. The molecular weight excluding hydrogens is 756 g/mol. The van der Waals surface area contributed by atoms with Gasteiger partial charge in [-0.15, -0.1) is 0 Å². The molecule has 4 rings (SSSR count). The van der Waals surface area contributed by atoms with E-state index in [2.05, 4.69) is 46.5 Å². The third-order valence-corrected chi connectivity index (χ3v) is 9.09. The fourth-order valence-electron chi connectivity index (χ4n) is 6.00. The van der Waals surface area contributed by atoms with E-state index in [1.807, 2.05) is 31.2 Å². The lowest BCUT2D eigenvalue weighted by Gasteiger charge is -2.26. The van der Waals surface area contributed by atoms with Crippen molar-refractivity contribution in [3.63, 3.8) is 0 Å². The summed E-state index contributed by atoms with van der Waals surface area (Å²) in [6.07, 6.45) is 5.73. The predicted molar refractivity (Wildman–Crippen MR) is 214 cm³/mol. The number of primary amides is 1. The number of guanidine groups is 1. The number of hydrogen-bond donors (Lipinski definition) is 10. The van der Waals surface area contributed by atoms with Gasteiger partial charge in [-0.1, -0.05) is 48.9 Å². The highest BCUT2D eigenvalue weighted by molar-refractivity contribution is 6.30. The number of carbonyl (C=O) groups is 6. The van der Waals surface area contributed by atoms with Gasteiger partial charge in [0.1, 0.15) is 24.2 Å². The Morgan fingerprint density at radius 2 is 1.44 bits per heavy atom. The van der Waals surface area contributed by atoms with Crippen molar-refractivity contribution in [2.24, 2.45) is 22.2 Å². The topological polar surface area (TPSA) is 297 Å². The highest BCUT2D eigenvalue weighted by Gasteiger charge is 2.32. The van der Waals surface area contributed by atoms with Crippen LogP contribution in [0.1, 0.15) is 49.4 Å². The molecule has 0 aliphatic rings. The third-order valence-electron chi connectivity index (χ3n) is 8.84. The first-order valence-electron chi connectivity index (χ1n) is 18.4. The van der Waals surface area contributed by atoms with Crippen LogP contribution in [0.5, 0.6) is 0 Å². The van der Waals surface area contributed by atoms with Gasteiger partial charge in [-0.2, -0.15) is 0 Å². The first kappa shape index (κ1) is 43.3. The van der Waals surface area contributed by atoms with Crippen LogP contribution in [-0.4, -0.2) is 93.6 Å². The molecule has 304 valence electrons. The van der Waals surface area contributed by atoms with E-state index in [9.17, 15) is 28.8 Å². The van der Waals surface area contributed by atoms with Crippen molar-refractivity contribution in [1.82, 2.24) is 41.5 Å². The molecule has 4 aromatic rings. The Kier molecular flexibility index (Phi) is 16.4. The molecule has 4 atom stereocenters. The maximum absolute atomic E-state index is 14.2. The van der Waals surface area contributed by atoms with E-state index in [-0.39, 0.29) is 56.9 Å².